The van der Waals surface area contributed by atoms with E-state index in [2.05, 4.69) is 4.98 Å². The lowest BCUT2D eigenvalue weighted by Crippen LogP contribution is -2.24. The van der Waals surface area contributed by atoms with Crippen LogP contribution in [0.25, 0.3) is 0 Å². The Hall–Kier alpha value is -2.17. The van der Waals surface area contributed by atoms with Crippen LogP contribution in [0.5, 0.6) is 0 Å². The lowest BCUT2D eigenvalue weighted by molar-refractivity contribution is 0.572. The van der Waals surface area contributed by atoms with Crippen molar-refractivity contribution >= 4 is 11.4 Å². The summed E-state index contributed by atoms with van der Waals surface area (Å²) >= 11 is 0. The molecule has 2 N–H and O–H groups in total. The molecule has 0 radical (unpaired) electrons. The third-order valence-corrected chi connectivity index (χ3v) is 2.86. The minimum Gasteiger partial charge on any atom is -0.399 e. The monoisotopic (exact) mass is 263 g/mol. The van der Waals surface area contributed by atoms with Gasteiger partial charge in [-0.15, -0.1) is 0 Å². The number of rotatable bonds is 4. The van der Waals surface area contributed by atoms with Gasteiger partial charge in [0.05, 0.1) is 0 Å². The minimum atomic E-state index is -0.645. The molecule has 0 amide bonds. The molecule has 0 aliphatic carbocycles. The van der Waals surface area contributed by atoms with Gasteiger partial charge in [0.1, 0.15) is 5.69 Å². The minimum absolute atomic E-state index is 0.0477. The van der Waals surface area contributed by atoms with Gasteiger partial charge < -0.3 is 10.6 Å². The Morgan fingerprint density at radius 3 is 2.26 bits per heavy atom. The molecule has 2 rings (SSSR count). The van der Waals surface area contributed by atoms with Crippen molar-refractivity contribution < 1.29 is 8.78 Å². The number of aromatic nitrogens is 1. The van der Waals surface area contributed by atoms with E-state index in [-0.39, 0.29) is 11.4 Å². The van der Waals surface area contributed by atoms with Crippen molar-refractivity contribution in [1.29, 1.82) is 0 Å². The number of hydrogen-bond donors (Lipinski definition) is 1. The van der Waals surface area contributed by atoms with Crippen LogP contribution < -0.4 is 10.6 Å². The predicted octanol–water partition coefficient (Wildman–Crippen LogP) is 2.97. The molecule has 1 heterocycles. The highest BCUT2D eigenvalue weighted by Crippen LogP contribution is 2.27. The Balaban J connectivity index is 2.32. The molecule has 0 aliphatic heterocycles. The number of halogens is 2. The second kappa shape index (κ2) is 5.65. The smallest absolute Gasteiger partial charge is 0.151 e. The first-order valence-electron chi connectivity index (χ1n) is 6.00. The molecule has 3 nitrogen and oxygen atoms in total. The number of nitrogens with zero attached hydrogens (tertiary/aromatic N) is 2. The first-order chi connectivity index (χ1) is 9.11. The van der Waals surface area contributed by atoms with E-state index in [0.29, 0.717) is 13.1 Å². The summed E-state index contributed by atoms with van der Waals surface area (Å²) in [7, 11) is 0. The Kier molecular flexibility index (Phi) is 3.94. The normalized spacial score (nSPS) is 10.5. The molecule has 19 heavy (non-hydrogen) atoms. The van der Waals surface area contributed by atoms with Gasteiger partial charge in [-0.05, 0) is 36.8 Å². The van der Waals surface area contributed by atoms with Crippen LogP contribution in [-0.4, -0.2) is 11.5 Å². The molecule has 0 saturated heterocycles. The van der Waals surface area contributed by atoms with Crippen LogP contribution in [0.1, 0.15) is 12.5 Å². The molecule has 0 atom stereocenters. The van der Waals surface area contributed by atoms with Crippen LogP contribution in [0.2, 0.25) is 0 Å². The fraction of sp³-hybridized carbons (Fsp3) is 0.214. The van der Waals surface area contributed by atoms with Crippen LogP contribution in [0.4, 0.5) is 20.2 Å². The Labute approximate surface area is 110 Å². The topological polar surface area (TPSA) is 42.2 Å². The highest BCUT2D eigenvalue weighted by Gasteiger charge is 2.16. The summed E-state index contributed by atoms with van der Waals surface area (Å²) in [5.74, 6) is -1.29. The fourth-order valence-corrected chi connectivity index (χ4v) is 1.94. The average molecular weight is 263 g/mol. The van der Waals surface area contributed by atoms with Crippen molar-refractivity contribution in [2.45, 2.75) is 13.5 Å². The molecule has 0 unspecified atom stereocenters. The van der Waals surface area contributed by atoms with Gasteiger partial charge in [-0.25, -0.2) is 8.78 Å². The van der Waals surface area contributed by atoms with E-state index in [0.717, 1.165) is 17.7 Å². The number of pyridine rings is 1. The summed E-state index contributed by atoms with van der Waals surface area (Å²) in [4.78, 5) is 5.54. The van der Waals surface area contributed by atoms with Gasteiger partial charge in [0.25, 0.3) is 0 Å². The van der Waals surface area contributed by atoms with Gasteiger partial charge >= 0.3 is 0 Å². The van der Waals surface area contributed by atoms with Gasteiger partial charge in [-0.1, -0.05) is 0 Å². The molecule has 0 saturated carbocycles. The van der Waals surface area contributed by atoms with E-state index in [9.17, 15) is 8.78 Å². The van der Waals surface area contributed by atoms with Crippen molar-refractivity contribution in [1.82, 2.24) is 4.98 Å². The molecule has 0 aliphatic rings. The molecule has 0 bridgehead atoms. The third-order valence-electron chi connectivity index (χ3n) is 2.86. The van der Waals surface area contributed by atoms with E-state index in [1.165, 1.54) is 0 Å². The van der Waals surface area contributed by atoms with Crippen LogP contribution >= 0.6 is 0 Å². The zero-order chi connectivity index (χ0) is 13.8. The van der Waals surface area contributed by atoms with Crippen LogP contribution in [0.15, 0.2) is 36.7 Å². The summed E-state index contributed by atoms with van der Waals surface area (Å²) in [5, 5.41) is 0. The SMILES string of the molecule is CCN(Cc1ccncc1)c1c(F)cc(N)cc1F. The molecular weight excluding hydrogens is 248 g/mol. The maximum atomic E-state index is 13.9. The van der Waals surface area contributed by atoms with Gasteiger partial charge in [0.15, 0.2) is 11.6 Å². The summed E-state index contributed by atoms with van der Waals surface area (Å²) in [6.45, 7) is 2.74. The molecule has 1 aromatic heterocycles. The lowest BCUT2D eigenvalue weighted by Gasteiger charge is -2.24. The first kappa shape index (κ1) is 13.3. The van der Waals surface area contributed by atoms with E-state index in [4.69, 9.17) is 5.73 Å². The Morgan fingerprint density at radius 2 is 1.74 bits per heavy atom. The van der Waals surface area contributed by atoms with Gasteiger partial charge in [-0.2, -0.15) is 0 Å². The molecule has 100 valence electrons. The second-order valence-corrected chi connectivity index (χ2v) is 4.20. The largest absolute Gasteiger partial charge is 0.399 e. The number of nitrogen functional groups attached to an aromatic ring is 1. The average Bonchev–Trinajstić information content (AvgIpc) is 2.37. The summed E-state index contributed by atoms with van der Waals surface area (Å²) in [6.07, 6.45) is 3.30. The second-order valence-electron chi connectivity index (χ2n) is 4.20. The quantitative estimate of drug-likeness (QED) is 0.862. The highest BCUT2D eigenvalue weighted by molar-refractivity contribution is 5.56. The Morgan fingerprint density at radius 1 is 1.16 bits per heavy atom. The van der Waals surface area contributed by atoms with Crippen LogP contribution in [0.3, 0.4) is 0 Å². The molecule has 2 aromatic rings. The number of nitrogens with two attached hydrogens (primary N) is 1. The molecule has 0 spiro atoms. The van der Waals surface area contributed by atoms with E-state index < -0.39 is 11.6 Å². The number of hydrogen-bond acceptors (Lipinski definition) is 3. The van der Waals surface area contributed by atoms with E-state index in [1.54, 1.807) is 17.3 Å². The maximum absolute atomic E-state index is 13.9. The molecule has 0 fully saturated rings. The summed E-state index contributed by atoms with van der Waals surface area (Å²) < 4.78 is 27.8. The standard InChI is InChI=1S/C14H15F2N3/c1-2-19(9-10-3-5-18-6-4-10)14-12(15)7-11(17)8-13(14)16/h3-8H,2,9,17H2,1H3. The van der Waals surface area contributed by atoms with Crippen LogP contribution in [-0.2, 0) is 6.54 Å². The third kappa shape index (κ3) is 2.99. The Bertz CT molecular complexity index is 535. The molecule has 1 aromatic carbocycles. The summed E-state index contributed by atoms with van der Waals surface area (Å²) in [6, 6.07) is 5.90. The van der Waals surface area contributed by atoms with Crippen molar-refractivity contribution in [2.75, 3.05) is 17.2 Å². The highest BCUT2D eigenvalue weighted by atomic mass is 19.1. The van der Waals surface area contributed by atoms with Crippen molar-refractivity contribution in [3.05, 3.63) is 53.9 Å². The maximum Gasteiger partial charge on any atom is 0.151 e. The lowest BCUT2D eigenvalue weighted by atomic mass is 10.2. The molecule has 5 heteroatoms. The van der Waals surface area contributed by atoms with Gasteiger partial charge in [-0.3, -0.25) is 4.98 Å². The predicted molar refractivity (Wildman–Crippen MR) is 71.7 cm³/mol. The van der Waals surface area contributed by atoms with Gasteiger partial charge in [0.2, 0.25) is 0 Å². The molecular formula is C14H15F2N3. The van der Waals surface area contributed by atoms with Crippen molar-refractivity contribution in [2.24, 2.45) is 0 Å². The van der Waals surface area contributed by atoms with E-state index >= 15 is 0 Å². The van der Waals surface area contributed by atoms with Crippen molar-refractivity contribution in [3.63, 3.8) is 0 Å². The van der Waals surface area contributed by atoms with E-state index in [1.807, 2.05) is 19.1 Å². The van der Waals surface area contributed by atoms with Crippen LogP contribution in [0, 0.1) is 11.6 Å². The number of anilines is 2. The zero-order valence-electron chi connectivity index (χ0n) is 10.6. The van der Waals surface area contributed by atoms with Gasteiger partial charge in [0, 0.05) is 31.2 Å². The van der Waals surface area contributed by atoms with Crippen molar-refractivity contribution in [3.8, 4) is 0 Å². The first-order valence-corrected chi connectivity index (χ1v) is 6.00. The summed E-state index contributed by atoms with van der Waals surface area (Å²) in [5.41, 5.74) is 6.39. The zero-order valence-corrected chi connectivity index (χ0v) is 10.6. The fourth-order valence-electron chi connectivity index (χ4n) is 1.94. The number of benzene rings is 1.